The maximum Gasteiger partial charge on any atom is 0.255 e. The molecule has 0 aliphatic heterocycles. The molecule has 3 aromatic rings. The quantitative estimate of drug-likeness (QED) is 0.607. The van der Waals surface area contributed by atoms with Gasteiger partial charge in [0.15, 0.2) is 0 Å². The Bertz CT molecular complexity index is 1010. The molecule has 0 fully saturated rings. The number of benzene rings is 2. The molecule has 128 valence electrons. The predicted molar refractivity (Wildman–Crippen MR) is 101 cm³/mol. The lowest BCUT2D eigenvalue weighted by molar-refractivity contribution is 0.102. The minimum atomic E-state index is -2.80. The lowest BCUT2D eigenvalue weighted by Crippen LogP contribution is -2.13. The first kappa shape index (κ1) is 17.1. The Morgan fingerprint density at radius 1 is 1.24 bits per heavy atom. The van der Waals surface area contributed by atoms with Gasteiger partial charge in [-0.05, 0) is 42.0 Å². The number of hydrogen-bond donors (Lipinski definition) is 3. The zero-order chi connectivity index (χ0) is 18.0. The molecular weight excluding hydrogens is 356 g/mol. The highest BCUT2D eigenvalue weighted by atomic mass is 32.2. The first-order chi connectivity index (χ1) is 11.8. The largest absolute Gasteiger partial charge is 0.397 e. The van der Waals surface area contributed by atoms with Gasteiger partial charge in [-0.2, -0.15) is 0 Å². The van der Waals surface area contributed by atoms with E-state index in [-0.39, 0.29) is 5.91 Å². The Hall–Kier alpha value is -2.71. The summed E-state index contributed by atoms with van der Waals surface area (Å²) in [6.07, 6.45) is 3.09. The van der Waals surface area contributed by atoms with Crippen molar-refractivity contribution >= 4 is 38.3 Å². The molecule has 6 nitrogen and oxygen atoms in total. The summed E-state index contributed by atoms with van der Waals surface area (Å²) in [5.74, 6) is -0.327. The summed E-state index contributed by atoms with van der Waals surface area (Å²) in [5, 5.41) is 2.79. The number of nitrogen functional groups attached to an aromatic ring is 1. The van der Waals surface area contributed by atoms with E-state index in [1.807, 2.05) is 6.07 Å². The molecule has 1 amide bonds. The van der Waals surface area contributed by atoms with E-state index in [1.165, 1.54) is 29.7 Å². The zero-order valence-electron chi connectivity index (χ0n) is 13.4. The Morgan fingerprint density at radius 3 is 2.56 bits per heavy atom. The van der Waals surface area contributed by atoms with Gasteiger partial charge in [0.25, 0.3) is 5.91 Å². The number of anilines is 2. The molecule has 25 heavy (non-hydrogen) atoms. The van der Waals surface area contributed by atoms with E-state index < -0.39 is 9.73 Å². The van der Waals surface area contributed by atoms with Crippen LogP contribution in [-0.4, -0.2) is 21.4 Å². The normalized spacial score (nSPS) is 13.2. The summed E-state index contributed by atoms with van der Waals surface area (Å²) in [4.78, 5) is 17.8. The van der Waals surface area contributed by atoms with Gasteiger partial charge in [0.1, 0.15) is 0 Å². The number of aromatic nitrogens is 1. The van der Waals surface area contributed by atoms with Gasteiger partial charge in [-0.25, -0.2) is 8.99 Å². The fraction of sp³-hybridized carbons (Fsp3) is 0.0588. The van der Waals surface area contributed by atoms with Crippen molar-refractivity contribution in [2.24, 2.45) is 0 Å². The molecule has 1 atom stereocenters. The highest BCUT2D eigenvalue weighted by Crippen LogP contribution is 2.29. The Balaban J connectivity index is 1.84. The molecule has 0 aliphatic carbocycles. The molecule has 1 unspecified atom stereocenters. The van der Waals surface area contributed by atoms with E-state index in [0.717, 1.165) is 10.4 Å². The van der Waals surface area contributed by atoms with Crippen molar-refractivity contribution in [2.75, 3.05) is 17.3 Å². The summed E-state index contributed by atoms with van der Waals surface area (Å²) in [6.45, 7) is 0. The van der Waals surface area contributed by atoms with E-state index in [2.05, 4.69) is 10.3 Å². The second-order valence-electron chi connectivity index (χ2n) is 5.49. The molecule has 4 N–H and O–H groups in total. The summed E-state index contributed by atoms with van der Waals surface area (Å²) < 4.78 is 19.3. The van der Waals surface area contributed by atoms with E-state index >= 15 is 0 Å². The SMILES string of the molecule is CS(=N)(=O)c1ccc(C(=O)Nc2cc(-c3cncs3)ccc2N)cc1. The van der Waals surface area contributed by atoms with Crippen LogP contribution in [0.5, 0.6) is 0 Å². The van der Waals surface area contributed by atoms with Crippen molar-refractivity contribution in [1.29, 1.82) is 4.78 Å². The smallest absolute Gasteiger partial charge is 0.255 e. The maximum atomic E-state index is 12.4. The highest BCUT2D eigenvalue weighted by molar-refractivity contribution is 7.91. The number of amides is 1. The molecule has 8 heteroatoms. The zero-order valence-corrected chi connectivity index (χ0v) is 15.0. The third-order valence-corrected chi connectivity index (χ3v) is 5.58. The van der Waals surface area contributed by atoms with Gasteiger partial charge in [0.05, 0.1) is 31.5 Å². The number of nitrogens with two attached hydrogens (primary N) is 1. The minimum Gasteiger partial charge on any atom is -0.397 e. The lowest BCUT2D eigenvalue weighted by Gasteiger charge is -2.10. The third kappa shape index (κ3) is 3.86. The maximum absolute atomic E-state index is 12.4. The monoisotopic (exact) mass is 372 g/mol. The van der Waals surface area contributed by atoms with Crippen LogP contribution in [0.2, 0.25) is 0 Å². The van der Waals surface area contributed by atoms with Crippen molar-refractivity contribution in [3.05, 3.63) is 59.7 Å². The summed E-state index contributed by atoms with van der Waals surface area (Å²) >= 11 is 1.50. The molecule has 0 aliphatic rings. The fourth-order valence-corrected chi connectivity index (χ4v) is 3.51. The van der Waals surface area contributed by atoms with Crippen LogP contribution >= 0.6 is 11.3 Å². The van der Waals surface area contributed by atoms with Crippen LogP contribution in [0.25, 0.3) is 10.4 Å². The lowest BCUT2D eigenvalue weighted by atomic mass is 10.1. The van der Waals surface area contributed by atoms with Crippen LogP contribution in [0, 0.1) is 4.78 Å². The van der Waals surface area contributed by atoms with E-state index in [9.17, 15) is 9.00 Å². The van der Waals surface area contributed by atoms with Crippen LogP contribution in [0.4, 0.5) is 11.4 Å². The standard InChI is InChI=1S/C17H16N4O2S2/c1-25(19,23)13-5-2-11(3-6-13)17(22)21-15-8-12(4-7-14(15)18)16-9-20-10-24-16/h2-10,19H,18H2,1H3,(H,21,22). The highest BCUT2D eigenvalue weighted by Gasteiger charge is 2.11. The molecule has 1 heterocycles. The summed E-state index contributed by atoms with van der Waals surface area (Å²) in [7, 11) is -2.80. The fourth-order valence-electron chi connectivity index (χ4n) is 2.24. The number of carbonyl (C=O) groups excluding carboxylic acids is 1. The van der Waals surface area contributed by atoms with Crippen LogP contribution in [0.3, 0.4) is 0 Å². The van der Waals surface area contributed by atoms with E-state index in [0.29, 0.717) is 21.8 Å². The van der Waals surface area contributed by atoms with Gasteiger partial charge in [-0.1, -0.05) is 6.07 Å². The number of rotatable bonds is 4. The predicted octanol–water partition coefficient (Wildman–Crippen LogP) is 3.68. The van der Waals surface area contributed by atoms with E-state index in [1.54, 1.807) is 36.0 Å². The first-order valence-electron chi connectivity index (χ1n) is 7.28. The van der Waals surface area contributed by atoms with Gasteiger partial charge in [0, 0.05) is 22.9 Å². The van der Waals surface area contributed by atoms with Crippen LogP contribution in [0.15, 0.2) is 59.1 Å². The molecule has 0 saturated heterocycles. The number of thiazole rings is 1. The Kier molecular flexibility index (Phi) is 4.56. The molecule has 0 saturated carbocycles. The Morgan fingerprint density at radius 2 is 1.96 bits per heavy atom. The van der Waals surface area contributed by atoms with Crippen LogP contribution < -0.4 is 11.1 Å². The summed E-state index contributed by atoms with van der Waals surface area (Å²) in [5.41, 5.74) is 9.99. The van der Waals surface area contributed by atoms with Crippen molar-refractivity contribution in [3.63, 3.8) is 0 Å². The van der Waals surface area contributed by atoms with Crippen molar-refractivity contribution in [1.82, 2.24) is 4.98 Å². The van der Waals surface area contributed by atoms with Gasteiger partial charge in [0.2, 0.25) is 0 Å². The summed E-state index contributed by atoms with van der Waals surface area (Å²) in [6, 6.07) is 11.6. The molecule has 0 radical (unpaired) electrons. The minimum absolute atomic E-state index is 0.327. The number of nitrogens with one attached hydrogen (secondary N) is 2. The van der Waals surface area contributed by atoms with Gasteiger partial charge in [-0.15, -0.1) is 11.3 Å². The van der Waals surface area contributed by atoms with Crippen LogP contribution in [0.1, 0.15) is 10.4 Å². The number of hydrogen-bond acceptors (Lipinski definition) is 6. The topological polar surface area (TPSA) is 109 Å². The molecular formula is C17H16N4O2S2. The van der Waals surface area contributed by atoms with Gasteiger partial charge >= 0.3 is 0 Å². The second-order valence-corrected chi connectivity index (χ2v) is 8.53. The molecule has 2 aromatic carbocycles. The van der Waals surface area contributed by atoms with Crippen LogP contribution in [-0.2, 0) is 9.73 Å². The average molecular weight is 372 g/mol. The molecule has 3 rings (SSSR count). The van der Waals surface area contributed by atoms with Gasteiger partial charge in [-0.3, -0.25) is 9.78 Å². The Labute approximate surface area is 149 Å². The van der Waals surface area contributed by atoms with Crippen molar-refractivity contribution in [2.45, 2.75) is 4.90 Å². The second kappa shape index (κ2) is 6.66. The van der Waals surface area contributed by atoms with Crippen molar-refractivity contribution < 1.29 is 9.00 Å². The molecule has 1 aromatic heterocycles. The average Bonchev–Trinajstić information content (AvgIpc) is 3.10. The van der Waals surface area contributed by atoms with Crippen molar-refractivity contribution in [3.8, 4) is 10.4 Å². The van der Waals surface area contributed by atoms with Gasteiger partial charge < -0.3 is 11.1 Å². The van der Waals surface area contributed by atoms with E-state index in [4.69, 9.17) is 10.5 Å². The number of carbonyl (C=O) groups is 1. The first-order valence-corrected chi connectivity index (χ1v) is 10.1. The third-order valence-electron chi connectivity index (χ3n) is 3.58. The number of nitrogens with zero attached hydrogens (tertiary/aromatic N) is 1. The molecule has 0 bridgehead atoms. The molecule has 0 spiro atoms.